The Morgan fingerprint density at radius 2 is 1.75 bits per heavy atom. The van der Waals surface area contributed by atoms with Crippen molar-refractivity contribution in [1.82, 2.24) is 5.32 Å². The fraction of sp³-hybridized carbons (Fsp3) is 0.889. The second kappa shape index (κ2) is 8.78. The highest BCUT2D eigenvalue weighted by Crippen LogP contribution is 2.03. The normalized spacial score (nSPS) is 9.75. The van der Waals surface area contributed by atoms with Crippen LogP contribution < -0.4 is 11.1 Å². The zero-order valence-electron chi connectivity index (χ0n) is 7.88. The Morgan fingerprint density at radius 3 is 2.33 bits per heavy atom. The van der Waals surface area contributed by atoms with E-state index in [0.29, 0.717) is 5.11 Å². The van der Waals surface area contributed by atoms with Crippen LogP contribution in [-0.2, 0) is 0 Å². The molecule has 12 heavy (non-hydrogen) atoms. The molecule has 0 heterocycles. The summed E-state index contributed by atoms with van der Waals surface area (Å²) in [5.74, 6) is 0. The largest absolute Gasteiger partial charge is 0.375 e. The predicted molar refractivity (Wildman–Crippen MR) is 57.2 cm³/mol. The zero-order chi connectivity index (χ0) is 9.23. The van der Waals surface area contributed by atoms with E-state index in [9.17, 15) is 0 Å². The summed E-state index contributed by atoms with van der Waals surface area (Å²) >= 11 is 4.63. The third kappa shape index (κ3) is 9.69. The fourth-order valence-corrected chi connectivity index (χ4v) is 1.17. The average molecular weight is 187 g/mol. The van der Waals surface area contributed by atoms with Gasteiger partial charge in [-0.3, -0.25) is 5.32 Å². The van der Waals surface area contributed by atoms with Gasteiger partial charge in [0, 0.05) is 6.54 Å². The van der Waals surface area contributed by atoms with Gasteiger partial charge in [0.15, 0.2) is 5.11 Å². The van der Waals surface area contributed by atoms with Gasteiger partial charge in [-0.1, -0.05) is 39.0 Å². The van der Waals surface area contributed by atoms with Gasteiger partial charge in [-0.25, -0.2) is 0 Å². The second-order valence-electron chi connectivity index (χ2n) is 2.99. The molecule has 0 aromatic heterocycles. The van der Waals surface area contributed by atoms with Gasteiger partial charge in [0.1, 0.15) is 0 Å². The summed E-state index contributed by atoms with van der Waals surface area (Å²) in [5.41, 5.74) is 5.22. The van der Waals surface area contributed by atoms with Gasteiger partial charge in [-0.15, -0.1) is 0 Å². The summed E-state index contributed by atoms with van der Waals surface area (Å²) in [6.45, 7) is 3.03. The van der Waals surface area contributed by atoms with Gasteiger partial charge in [-0.05, 0) is 18.6 Å². The highest BCUT2D eigenvalue weighted by atomic mass is 32.1. The molecule has 0 saturated carbocycles. The summed E-state index contributed by atoms with van der Waals surface area (Å²) in [4.78, 5) is 0. The highest BCUT2D eigenvalue weighted by molar-refractivity contribution is 7.80. The Kier molecular flexibility index (Phi) is 8.56. The van der Waals surface area contributed by atoms with Crippen LogP contribution >= 0.6 is 12.2 Å². The molecule has 2 N–H and O–H groups in total. The van der Waals surface area contributed by atoms with Crippen LogP contribution in [0.15, 0.2) is 0 Å². The minimum absolute atomic E-state index is 0.295. The molecule has 0 aliphatic carbocycles. The zero-order valence-corrected chi connectivity index (χ0v) is 8.70. The third-order valence-electron chi connectivity index (χ3n) is 1.78. The molecular weight excluding hydrogens is 168 g/mol. The number of rotatable bonds is 7. The standard InChI is InChI=1S/C9H19N2S/c1-2-3-4-5-6-7-8-11-9(10)12/h2-8H2,1H3,(H2,10,12). The average Bonchev–Trinajstić information content (AvgIpc) is 2.02. The van der Waals surface area contributed by atoms with Crippen molar-refractivity contribution >= 4 is 17.3 Å². The number of nitrogens with zero attached hydrogens (tertiary/aromatic N) is 1. The van der Waals surface area contributed by atoms with Crippen LogP contribution in [0.1, 0.15) is 45.4 Å². The van der Waals surface area contributed by atoms with Crippen molar-refractivity contribution in [3.63, 3.8) is 0 Å². The molecule has 0 saturated heterocycles. The monoisotopic (exact) mass is 187 g/mol. The Labute approximate surface area is 80.9 Å². The first-order chi connectivity index (χ1) is 5.77. The molecule has 0 aromatic carbocycles. The Bertz CT molecular complexity index is 115. The minimum atomic E-state index is 0.295. The van der Waals surface area contributed by atoms with E-state index in [0.717, 1.165) is 13.0 Å². The third-order valence-corrected chi connectivity index (χ3v) is 1.91. The summed E-state index contributed by atoms with van der Waals surface area (Å²) in [5, 5.41) is 4.25. The number of nitrogens with two attached hydrogens (primary N) is 1. The maximum absolute atomic E-state index is 5.22. The van der Waals surface area contributed by atoms with Crippen molar-refractivity contribution in [1.29, 1.82) is 0 Å². The lowest BCUT2D eigenvalue weighted by Crippen LogP contribution is -2.22. The number of thiocarbonyl (C=S) groups is 1. The Hall–Kier alpha value is -0.310. The van der Waals surface area contributed by atoms with Gasteiger partial charge in [0.2, 0.25) is 0 Å². The lowest BCUT2D eigenvalue weighted by Gasteiger charge is -2.00. The first-order valence-corrected chi connectivity index (χ1v) is 5.15. The smallest absolute Gasteiger partial charge is 0.185 e. The van der Waals surface area contributed by atoms with E-state index in [-0.39, 0.29) is 0 Å². The molecule has 0 spiro atoms. The molecule has 0 aliphatic rings. The van der Waals surface area contributed by atoms with E-state index in [4.69, 9.17) is 5.73 Å². The van der Waals surface area contributed by atoms with Crippen LogP contribution in [0.4, 0.5) is 0 Å². The van der Waals surface area contributed by atoms with E-state index in [2.05, 4.69) is 24.5 Å². The summed E-state index contributed by atoms with van der Waals surface area (Å²) in [6.07, 6.45) is 7.71. The molecule has 0 aliphatic heterocycles. The first kappa shape index (κ1) is 11.7. The van der Waals surface area contributed by atoms with Crippen molar-refractivity contribution in [2.75, 3.05) is 6.54 Å². The summed E-state index contributed by atoms with van der Waals surface area (Å²) < 4.78 is 0. The van der Waals surface area contributed by atoms with E-state index in [1.165, 1.54) is 32.1 Å². The first-order valence-electron chi connectivity index (χ1n) is 4.74. The van der Waals surface area contributed by atoms with Crippen LogP contribution in [-0.4, -0.2) is 11.7 Å². The SMILES string of the molecule is CCCCCCCC[N]C(N)=S. The van der Waals surface area contributed by atoms with Gasteiger partial charge < -0.3 is 5.73 Å². The van der Waals surface area contributed by atoms with Crippen LogP contribution in [0.2, 0.25) is 0 Å². The van der Waals surface area contributed by atoms with Crippen molar-refractivity contribution in [2.45, 2.75) is 45.4 Å². The van der Waals surface area contributed by atoms with Gasteiger partial charge in [-0.2, -0.15) is 0 Å². The molecule has 0 unspecified atom stereocenters. The maximum Gasteiger partial charge on any atom is 0.185 e. The molecule has 3 heteroatoms. The molecule has 0 amide bonds. The second-order valence-corrected chi connectivity index (χ2v) is 3.41. The molecule has 1 radical (unpaired) electrons. The van der Waals surface area contributed by atoms with Gasteiger partial charge in [0.25, 0.3) is 0 Å². The number of hydrogen-bond acceptors (Lipinski definition) is 1. The van der Waals surface area contributed by atoms with Crippen molar-refractivity contribution in [3.8, 4) is 0 Å². The molecular formula is C9H19N2S. The van der Waals surface area contributed by atoms with E-state index >= 15 is 0 Å². The van der Waals surface area contributed by atoms with Crippen LogP contribution in [0.5, 0.6) is 0 Å². The van der Waals surface area contributed by atoms with Crippen LogP contribution in [0.25, 0.3) is 0 Å². The van der Waals surface area contributed by atoms with Crippen LogP contribution in [0.3, 0.4) is 0 Å². The quantitative estimate of drug-likeness (QED) is 0.490. The summed E-state index contributed by atoms with van der Waals surface area (Å²) in [7, 11) is 0. The summed E-state index contributed by atoms with van der Waals surface area (Å²) in [6, 6.07) is 0. The topological polar surface area (TPSA) is 40.1 Å². The van der Waals surface area contributed by atoms with Crippen molar-refractivity contribution < 1.29 is 0 Å². The van der Waals surface area contributed by atoms with Crippen LogP contribution in [0, 0.1) is 0 Å². The van der Waals surface area contributed by atoms with Gasteiger partial charge >= 0.3 is 0 Å². The van der Waals surface area contributed by atoms with Crippen molar-refractivity contribution in [2.24, 2.45) is 5.73 Å². The Balaban J connectivity index is 2.86. The lowest BCUT2D eigenvalue weighted by molar-refractivity contribution is 0.601. The molecule has 71 valence electrons. The molecule has 0 bridgehead atoms. The number of hydrogen-bond donors (Lipinski definition) is 1. The van der Waals surface area contributed by atoms with E-state index in [1.807, 2.05) is 0 Å². The van der Waals surface area contributed by atoms with E-state index < -0.39 is 0 Å². The molecule has 2 nitrogen and oxygen atoms in total. The molecule has 0 rings (SSSR count). The molecule has 0 atom stereocenters. The van der Waals surface area contributed by atoms with E-state index in [1.54, 1.807) is 0 Å². The lowest BCUT2D eigenvalue weighted by atomic mass is 10.1. The molecule has 0 fully saturated rings. The van der Waals surface area contributed by atoms with Crippen molar-refractivity contribution in [3.05, 3.63) is 0 Å². The number of unbranched alkanes of at least 4 members (excludes halogenated alkanes) is 5. The fourth-order valence-electron chi connectivity index (χ4n) is 1.08. The Morgan fingerprint density at radius 1 is 1.17 bits per heavy atom. The van der Waals surface area contributed by atoms with Gasteiger partial charge in [0.05, 0.1) is 0 Å². The maximum atomic E-state index is 5.22. The highest BCUT2D eigenvalue weighted by Gasteiger charge is 1.91. The minimum Gasteiger partial charge on any atom is -0.375 e. The predicted octanol–water partition coefficient (Wildman–Crippen LogP) is 2.19. The molecule has 0 aromatic rings.